The molecule has 1 atom stereocenters. The molecule has 0 aliphatic carbocycles. The van der Waals surface area contributed by atoms with Crippen LogP contribution in [-0.4, -0.2) is 40.0 Å². The fourth-order valence-electron chi connectivity index (χ4n) is 3.05. The summed E-state index contributed by atoms with van der Waals surface area (Å²) in [4.78, 5) is 30.6. The Kier molecular flexibility index (Phi) is 4.41. The molecule has 2 heterocycles. The highest BCUT2D eigenvalue weighted by Crippen LogP contribution is 2.32. The van der Waals surface area contributed by atoms with Crippen LogP contribution in [0, 0.1) is 26.7 Å². The zero-order valence-corrected chi connectivity index (χ0v) is 14.8. The second-order valence-electron chi connectivity index (χ2n) is 6.33. The fourth-order valence-corrected chi connectivity index (χ4v) is 4.18. The Hall–Kier alpha value is -2.21. The first kappa shape index (κ1) is 16.6. The van der Waals surface area contributed by atoms with Crippen LogP contribution in [0.5, 0.6) is 0 Å². The summed E-state index contributed by atoms with van der Waals surface area (Å²) in [5.74, 6) is -1.40. The summed E-state index contributed by atoms with van der Waals surface area (Å²) in [6.45, 7) is 6.70. The summed E-state index contributed by atoms with van der Waals surface area (Å²) in [6, 6.07) is 6.18. The maximum atomic E-state index is 12.7. The SMILES string of the molecule is Cc1ccc(-c2nc(C)c(C(=O)N3CC[C@H](C(=O)O)C3)s2)c(C)c1. The van der Waals surface area contributed by atoms with Crippen LogP contribution in [0.4, 0.5) is 0 Å². The van der Waals surface area contributed by atoms with Crippen LogP contribution in [0.25, 0.3) is 10.6 Å². The molecule has 1 amide bonds. The number of nitrogens with zero attached hydrogens (tertiary/aromatic N) is 2. The van der Waals surface area contributed by atoms with Gasteiger partial charge in [0.25, 0.3) is 5.91 Å². The summed E-state index contributed by atoms with van der Waals surface area (Å²) in [6.07, 6.45) is 0.517. The summed E-state index contributed by atoms with van der Waals surface area (Å²) < 4.78 is 0. The second-order valence-corrected chi connectivity index (χ2v) is 7.33. The number of aryl methyl sites for hydroxylation is 3. The number of aliphatic carboxylic acids is 1. The number of thiazole rings is 1. The highest BCUT2D eigenvalue weighted by atomic mass is 32.1. The van der Waals surface area contributed by atoms with Gasteiger partial charge in [-0.3, -0.25) is 9.59 Å². The van der Waals surface area contributed by atoms with Crippen LogP contribution < -0.4 is 0 Å². The second kappa shape index (κ2) is 6.36. The summed E-state index contributed by atoms with van der Waals surface area (Å²) in [5, 5.41) is 9.93. The molecule has 24 heavy (non-hydrogen) atoms. The summed E-state index contributed by atoms with van der Waals surface area (Å²) in [7, 11) is 0. The van der Waals surface area contributed by atoms with Crippen LogP contribution in [0.3, 0.4) is 0 Å². The Balaban J connectivity index is 1.87. The number of hydrogen-bond acceptors (Lipinski definition) is 4. The van der Waals surface area contributed by atoms with Crippen LogP contribution >= 0.6 is 11.3 Å². The first-order valence-electron chi connectivity index (χ1n) is 7.94. The molecule has 0 unspecified atom stereocenters. The molecule has 1 saturated heterocycles. The number of carboxylic acid groups (broad SMARTS) is 1. The molecular formula is C18H20N2O3S. The van der Waals surface area contributed by atoms with Crippen molar-refractivity contribution in [1.29, 1.82) is 0 Å². The highest BCUT2D eigenvalue weighted by molar-refractivity contribution is 7.17. The van der Waals surface area contributed by atoms with Gasteiger partial charge >= 0.3 is 5.97 Å². The Bertz CT molecular complexity index is 813. The van der Waals surface area contributed by atoms with Gasteiger partial charge in [-0.15, -0.1) is 11.3 Å². The number of rotatable bonds is 3. The van der Waals surface area contributed by atoms with E-state index in [2.05, 4.69) is 11.1 Å². The van der Waals surface area contributed by atoms with Crippen LogP contribution in [-0.2, 0) is 4.79 Å². The van der Waals surface area contributed by atoms with Gasteiger partial charge < -0.3 is 10.0 Å². The molecule has 2 aromatic rings. The number of carboxylic acids is 1. The van der Waals surface area contributed by atoms with E-state index in [1.54, 1.807) is 4.90 Å². The zero-order chi connectivity index (χ0) is 17.4. The first-order valence-corrected chi connectivity index (χ1v) is 8.75. The van der Waals surface area contributed by atoms with Crippen LogP contribution in [0.15, 0.2) is 18.2 Å². The van der Waals surface area contributed by atoms with Crippen LogP contribution in [0.1, 0.15) is 32.9 Å². The van der Waals surface area contributed by atoms with Gasteiger partial charge in [-0.05, 0) is 32.8 Å². The maximum absolute atomic E-state index is 12.7. The molecule has 1 aliphatic heterocycles. The fraction of sp³-hybridized carbons (Fsp3) is 0.389. The van der Waals surface area contributed by atoms with Crippen molar-refractivity contribution < 1.29 is 14.7 Å². The normalized spacial score (nSPS) is 17.3. The Morgan fingerprint density at radius 1 is 1.29 bits per heavy atom. The lowest BCUT2D eigenvalue weighted by Crippen LogP contribution is -2.29. The van der Waals surface area contributed by atoms with Gasteiger partial charge in [-0.2, -0.15) is 0 Å². The molecule has 0 radical (unpaired) electrons. The van der Waals surface area contributed by atoms with Gasteiger partial charge in [0.05, 0.1) is 11.6 Å². The van der Waals surface area contributed by atoms with E-state index in [0.717, 1.165) is 16.1 Å². The van der Waals surface area contributed by atoms with E-state index >= 15 is 0 Å². The summed E-state index contributed by atoms with van der Waals surface area (Å²) >= 11 is 1.39. The molecule has 126 valence electrons. The molecule has 6 heteroatoms. The third-order valence-corrected chi connectivity index (χ3v) is 5.61. The summed E-state index contributed by atoms with van der Waals surface area (Å²) in [5.41, 5.74) is 4.07. The molecule has 5 nitrogen and oxygen atoms in total. The number of amides is 1. The zero-order valence-electron chi connectivity index (χ0n) is 14.0. The molecule has 1 aromatic heterocycles. The monoisotopic (exact) mass is 344 g/mol. The predicted octanol–water partition coefficient (Wildman–Crippen LogP) is 3.28. The Morgan fingerprint density at radius 2 is 2.04 bits per heavy atom. The Morgan fingerprint density at radius 3 is 2.67 bits per heavy atom. The van der Waals surface area contributed by atoms with Crippen molar-refractivity contribution in [2.75, 3.05) is 13.1 Å². The minimum Gasteiger partial charge on any atom is -0.481 e. The van der Waals surface area contributed by atoms with E-state index in [4.69, 9.17) is 5.11 Å². The number of aromatic nitrogens is 1. The first-order chi connectivity index (χ1) is 11.4. The van der Waals surface area contributed by atoms with Crippen molar-refractivity contribution in [2.45, 2.75) is 27.2 Å². The molecule has 1 aliphatic rings. The maximum Gasteiger partial charge on any atom is 0.308 e. The van der Waals surface area contributed by atoms with Gasteiger partial charge in [-0.25, -0.2) is 4.98 Å². The average molecular weight is 344 g/mol. The standard InChI is InChI=1S/C18H20N2O3S/c1-10-4-5-14(11(2)8-10)16-19-12(3)15(24-16)17(21)20-7-6-13(9-20)18(22)23/h4-5,8,13H,6-7,9H2,1-3H3,(H,22,23)/t13-/m0/s1. The molecule has 3 rings (SSSR count). The van der Waals surface area contributed by atoms with E-state index < -0.39 is 11.9 Å². The highest BCUT2D eigenvalue weighted by Gasteiger charge is 2.32. The van der Waals surface area contributed by atoms with Gasteiger partial charge in [0.2, 0.25) is 0 Å². The average Bonchev–Trinajstić information content (AvgIpc) is 3.13. The third-order valence-electron chi connectivity index (χ3n) is 4.43. The molecular weight excluding hydrogens is 324 g/mol. The molecule has 1 aromatic carbocycles. The number of benzene rings is 1. The van der Waals surface area contributed by atoms with Gasteiger partial charge in [0.15, 0.2) is 0 Å². The van der Waals surface area contributed by atoms with Crippen molar-refractivity contribution in [3.63, 3.8) is 0 Å². The van der Waals surface area contributed by atoms with Gasteiger partial charge in [0.1, 0.15) is 9.88 Å². The lowest BCUT2D eigenvalue weighted by Gasteiger charge is -2.14. The predicted molar refractivity (Wildman–Crippen MR) is 93.4 cm³/mol. The minimum atomic E-state index is -0.831. The van der Waals surface area contributed by atoms with E-state index in [1.807, 2.05) is 32.9 Å². The van der Waals surface area contributed by atoms with Crippen LogP contribution in [0.2, 0.25) is 0 Å². The molecule has 0 bridgehead atoms. The topological polar surface area (TPSA) is 70.5 Å². The Labute approximate surface area is 145 Å². The van der Waals surface area contributed by atoms with Gasteiger partial charge in [0, 0.05) is 18.7 Å². The van der Waals surface area contributed by atoms with E-state index in [1.165, 1.54) is 16.9 Å². The lowest BCUT2D eigenvalue weighted by molar-refractivity contribution is -0.141. The number of likely N-dealkylation sites (tertiary alicyclic amines) is 1. The van der Waals surface area contributed by atoms with E-state index in [0.29, 0.717) is 23.5 Å². The number of carbonyl (C=O) groups excluding carboxylic acids is 1. The smallest absolute Gasteiger partial charge is 0.308 e. The van der Waals surface area contributed by atoms with Gasteiger partial charge in [-0.1, -0.05) is 23.8 Å². The number of hydrogen-bond donors (Lipinski definition) is 1. The number of carbonyl (C=O) groups is 2. The molecule has 0 saturated carbocycles. The van der Waals surface area contributed by atoms with Crippen molar-refractivity contribution >= 4 is 23.2 Å². The molecule has 1 fully saturated rings. The lowest BCUT2D eigenvalue weighted by atomic mass is 10.1. The largest absolute Gasteiger partial charge is 0.481 e. The third kappa shape index (κ3) is 3.06. The van der Waals surface area contributed by atoms with Crippen molar-refractivity contribution in [1.82, 2.24) is 9.88 Å². The van der Waals surface area contributed by atoms with E-state index in [-0.39, 0.29) is 12.5 Å². The molecule has 1 N–H and O–H groups in total. The van der Waals surface area contributed by atoms with Crippen molar-refractivity contribution in [3.8, 4) is 10.6 Å². The molecule has 0 spiro atoms. The van der Waals surface area contributed by atoms with Crippen molar-refractivity contribution in [2.24, 2.45) is 5.92 Å². The quantitative estimate of drug-likeness (QED) is 0.927. The minimum absolute atomic E-state index is 0.107. The van der Waals surface area contributed by atoms with Crippen molar-refractivity contribution in [3.05, 3.63) is 39.9 Å². The van der Waals surface area contributed by atoms with E-state index in [9.17, 15) is 9.59 Å².